The van der Waals surface area contributed by atoms with Gasteiger partial charge in [0.15, 0.2) is 0 Å². The number of carbonyl (C=O) groups excluding carboxylic acids is 4. The Morgan fingerprint density at radius 3 is 1.49 bits per heavy atom. The molecule has 0 spiro atoms. The third kappa shape index (κ3) is 7.19. The van der Waals surface area contributed by atoms with Crippen LogP contribution in [0.15, 0.2) is 91.0 Å². The van der Waals surface area contributed by atoms with Crippen LogP contribution in [0.4, 0.5) is 22.7 Å². The van der Waals surface area contributed by atoms with Crippen molar-refractivity contribution in [2.24, 2.45) is 5.92 Å². The average Bonchev–Trinajstić information content (AvgIpc) is 2.99. The fourth-order valence-corrected chi connectivity index (χ4v) is 3.63. The molecule has 3 aromatic carbocycles. The minimum absolute atomic E-state index is 0.00922. The predicted octanol–water partition coefficient (Wildman–Crippen LogP) is 5.30. The van der Waals surface area contributed by atoms with Crippen molar-refractivity contribution in [3.05, 3.63) is 114 Å². The third-order valence-electron chi connectivity index (χ3n) is 5.87. The van der Waals surface area contributed by atoms with E-state index in [0.29, 0.717) is 33.9 Å². The van der Waals surface area contributed by atoms with Gasteiger partial charge in [-0.3, -0.25) is 19.2 Å². The van der Waals surface area contributed by atoms with E-state index in [9.17, 15) is 19.2 Å². The number of nitrogens with zero attached hydrogens (tertiary/aromatic N) is 2. The van der Waals surface area contributed by atoms with E-state index in [-0.39, 0.29) is 23.2 Å². The summed E-state index contributed by atoms with van der Waals surface area (Å²) in [5.41, 5.74) is 2.24. The van der Waals surface area contributed by atoms with Gasteiger partial charge >= 0.3 is 0 Å². The first-order valence-corrected chi connectivity index (χ1v) is 12.7. The summed E-state index contributed by atoms with van der Waals surface area (Å²) in [5.74, 6) is -2.02. The highest BCUT2D eigenvalue weighted by Crippen LogP contribution is 2.24. The number of anilines is 4. The highest BCUT2D eigenvalue weighted by molar-refractivity contribution is 6.10. The molecule has 4 rings (SSSR count). The van der Waals surface area contributed by atoms with Crippen LogP contribution < -0.4 is 21.3 Å². The summed E-state index contributed by atoms with van der Waals surface area (Å²) in [6.07, 6.45) is 0. The first-order valence-electron chi connectivity index (χ1n) is 12.7. The normalized spacial score (nSPS) is 10.3. The van der Waals surface area contributed by atoms with E-state index in [1.165, 1.54) is 42.5 Å². The van der Waals surface area contributed by atoms with E-state index in [0.717, 1.165) is 0 Å². The second-order valence-corrected chi connectivity index (χ2v) is 9.19. The second-order valence-electron chi connectivity index (χ2n) is 9.19. The third-order valence-corrected chi connectivity index (χ3v) is 5.87. The fraction of sp³-hybridized carbons (Fsp3) is 0.0968. The van der Waals surface area contributed by atoms with Crippen LogP contribution in [0, 0.1) is 17.2 Å². The summed E-state index contributed by atoms with van der Waals surface area (Å²) in [6, 6.07) is 26.0. The molecule has 0 aliphatic carbocycles. The molecule has 10 heteroatoms. The van der Waals surface area contributed by atoms with Gasteiger partial charge in [-0.05, 0) is 60.7 Å². The first-order chi connectivity index (χ1) is 19.7. The molecule has 0 aliphatic rings. The molecule has 0 radical (unpaired) electrons. The SMILES string of the molecule is CC(C)C(=O)Nc1ccccc1NC(=O)c1cccc(C(=O)Nc2ccccc2NC(=O)c2ccc(C#N)cc2)n1. The number of amides is 4. The lowest BCUT2D eigenvalue weighted by atomic mass is 10.1. The molecule has 0 bridgehead atoms. The monoisotopic (exact) mass is 546 g/mol. The van der Waals surface area contributed by atoms with Crippen LogP contribution in [0.2, 0.25) is 0 Å². The molecule has 0 aliphatic heterocycles. The maximum atomic E-state index is 13.1. The Labute approximate surface area is 236 Å². The zero-order chi connectivity index (χ0) is 29.4. The second kappa shape index (κ2) is 12.8. The molecule has 0 saturated heterocycles. The topological polar surface area (TPSA) is 153 Å². The number of nitriles is 1. The smallest absolute Gasteiger partial charge is 0.274 e. The van der Waals surface area contributed by atoms with Crippen molar-refractivity contribution in [1.29, 1.82) is 5.26 Å². The Morgan fingerprint density at radius 2 is 1.05 bits per heavy atom. The number of hydrogen-bond donors (Lipinski definition) is 4. The minimum atomic E-state index is -0.593. The van der Waals surface area contributed by atoms with Crippen molar-refractivity contribution in [2.75, 3.05) is 21.3 Å². The molecule has 10 nitrogen and oxygen atoms in total. The van der Waals surface area contributed by atoms with Crippen LogP contribution >= 0.6 is 0 Å². The van der Waals surface area contributed by atoms with Crippen molar-refractivity contribution in [1.82, 2.24) is 4.98 Å². The van der Waals surface area contributed by atoms with Crippen LogP contribution in [-0.4, -0.2) is 28.6 Å². The zero-order valence-electron chi connectivity index (χ0n) is 22.3. The molecule has 0 unspecified atom stereocenters. The highest BCUT2D eigenvalue weighted by Gasteiger charge is 2.17. The van der Waals surface area contributed by atoms with E-state index >= 15 is 0 Å². The summed E-state index contributed by atoms with van der Waals surface area (Å²) in [5, 5.41) is 19.9. The largest absolute Gasteiger partial charge is 0.324 e. The number of pyridine rings is 1. The van der Waals surface area contributed by atoms with Crippen LogP contribution in [-0.2, 0) is 4.79 Å². The standard InChI is InChI=1S/C31H26N6O4/c1-19(2)28(38)34-22-8-3-5-10-24(22)36-30(40)26-12-7-13-27(33-26)31(41)37-25-11-6-4-9-23(25)35-29(39)21-16-14-20(18-32)15-17-21/h3-17,19H,1-2H3,(H,34,38)(H,35,39)(H,36,40)(H,37,41). The van der Waals surface area contributed by atoms with E-state index < -0.39 is 17.7 Å². The van der Waals surface area contributed by atoms with Crippen molar-refractivity contribution in [3.63, 3.8) is 0 Å². The van der Waals surface area contributed by atoms with Gasteiger partial charge in [-0.1, -0.05) is 44.2 Å². The molecule has 1 heterocycles. The summed E-state index contributed by atoms with van der Waals surface area (Å²) in [7, 11) is 0. The Bertz CT molecular complexity index is 1660. The molecule has 204 valence electrons. The zero-order valence-corrected chi connectivity index (χ0v) is 22.3. The molecule has 0 fully saturated rings. The van der Waals surface area contributed by atoms with E-state index in [2.05, 4.69) is 26.3 Å². The van der Waals surface area contributed by atoms with Crippen LogP contribution in [0.5, 0.6) is 0 Å². The number of hydrogen-bond acceptors (Lipinski definition) is 6. The maximum absolute atomic E-state index is 13.1. The van der Waals surface area contributed by atoms with E-state index in [4.69, 9.17) is 5.26 Å². The number of benzene rings is 3. The molecule has 4 aromatic rings. The minimum Gasteiger partial charge on any atom is -0.324 e. The lowest BCUT2D eigenvalue weighted by Gasteiger charge is -2.14. The highest BCUT2D eigenvalue weighted by atomic mass is 16.2. The van der Waals surface area contributed by atoms with Gasteiger partial charge in [0, 0.05) is 11.5 Å². The Morgan fingerprint density at radius 1 is 0.610 bits per heavy atom. The number of aromatic nitrogens is 1. The van der Waals surface area contributed by atoms with Crippen LogP contribution in [0.1, 0.15) is 50.7 Å². The Kier molecular flexibility index (Phi) is 8.82. The quantitative estimate of drug-likeness (QED) is 0.235. The van der Waals surface area contributed by atoms with Gasteiger partial charge in [-0.25, -0.2) is 4.98 Å². The predicted molar refractivity (Wildman–Crippen MR) is 156 cm³/mol. The van der Waals surface area contributed by atoms with Crippen LogP contribution in [0.25, 0.3) is 0 Å². The summed E-state index contributed by atoms with van der Waals surface area (Å²) < 4.78 is 0. The first kappa shape index (κ1) is 28.2. The van der Waals surface area contributed by atoms with Gasteiger partial charge in [0.1, 0.15) is 11.4 Å². The van der Waals surface area contributed by atoms with Gasteiger partial charge in [0.25, 0.3) is 17.7 Å². The molecule has 4 amide bonds. The molecular weight excluding hydrogens is 520 g/mol. The van der Waals surface area contributed by atoms with Crippen molar-refractivity contribution in [3.8, 4) is 6.07 Å². The van der Waals surface area contributed by atoms with Gasteiger partial charge < -0.3 is 21.3 Å². The molecule has 41 heavy (non-hydrogen) atoms. The van der Waals surface area contributed by atoms with Gasteiger partial charge in [0.2, 0.25) is 5.91 Å². The molecule has 4 N–H and O–H groups in total. The molecule has 0 atom stereocenters. The summed E-state index contributed by atoms with van der Waals surface area (Å²) in [4.78, 5) is 55.1. The lowest BCUT2D eigenvalue weighted by Crippen LogP contribution is -2.21. The van der Waals surface area contributed by atoms with Crippen molar-refractivity contribution >= 4 is 46.4 Å². The van der Waals surface area contributed by atoms with Gasteiger partial charge in [-0.2, -0.15) is 5.26 Å². The van der Waals surface area contributed by atoms with Crippen molar-refractivity contribution in [2.45, 2.75) is 13.8 Å². The lowest BCUT2D eigenvalue weighted by molar-refractivity contribution is -0.118. The number of nitrogens with one attached hydrogen (secondary N) is 4. The number of para-hydroxylation sites is 4. The summed E-state index contributed by atoms with van der Waals surface area (Å²) >= 11 is 0. The van der Waals surface area contributed by atoms with Crippen LogP contribution in [0.3, 0.4) is 0 Å². The van der Waals surface area contributed by atoms with E-state index in [1.54, 1.807) is 62.4 Å². The molecule has 1 aromatic heterocycles. The fourth-order valence-electron chi connectivity index (χ4n) is 3.63. The Balaban J connectivity index is 1.47. The molecular formula is C31H26N6O4. The Hall–Kier alpha value is -5.82. The number of carbonyl (C=O) groups is 4. The van der Waals surface area contributed by atoms with Gasteiger partial charge in [-0.15, -0.1) is 0 Å². The maximum Gasteiger partial charge on any atom is 0.274 e. The van der Waals surface area contributed by atoms with Gasteiger partial charge in [0.05, 0.1) is 34.4 Å². The van der Waals surface area contributed by atoms with Crippen molar-refractivity contribution < 1.29 is 19.2 Å². The number of rotatable bonds is 8. The van der Waals surface area contributed by atoms with E-state index in [1.807, 2.05) is 6.07 Å². The summed E-state index contributed by atoms with van der Waals surface area (Å²) in [6.45, 7) is 3.53. The average molecular weight is 547 g/mol. The molecule has 0 saturated carbocycles.